The zero-order valence-electron chi connectivity index (χ0n) is 29.5. The Bertz CT molecular complexity index is 2120. The second-order valence-corrected chi connectivity index (χ2v) is 13.7. The van der Waals surface area contributed by atoms with Gasteiger partial charge in [-0.15, -0.1) is 12.4 Å². The summed E-state index contributed by atoms with van der Waals surface area (Å²) in [5, 5.41) is 10.1. The van der Waals surface area contributed by atoms with E-state index in [2.05, 4.69) is 42.0 Å². The first-order chi connectivity index (χ1) is 24.7. The van der Waals surface area contributed by atoms with Gasteiger partial charge in [0.05, 0.1) is 22.5 Å². The van der Waals surface area contributed by atoms with Crippen molar-refractivity contribution in [3.05, 3.63) is 125 Å². The molecule has 3 aliphatic rings. The number of aromatic hydroxyl groups is 1. The fourth-order valence-corrected chi connectivity index (χ4v) is 7.36. The quantitative estimate of drug-likeness (QED) is 0.203. The summed E-state index contributed by atoms with van der Waals surface area (Å²) in [6.07, 6.45) is 2.56. The van der Waals surface area contributed by atoms with Crippen LogP contribution in [0.2, 0.25) is 0 Å². The Balaban J connectivity index is 0.00000420. The fourth-order valence-electron chi connectivity index (χ4n) is 7.36. The van der Waals surface area contributed by atoms with Crippen LogP contribution in [-0.4, -0.2) is 77.3 Å². The molecule has 1 fully saturated rings. The lowest BCUT2D eigenvalue weighted by Gasteiger charge is -2.35. The highest BCUT2D eigenvalue weighted by Gasteiger charge is 2.32. The fraction of sp³-hybridized carbons (Fsp3) is 0.268. The largest absolute Gasteiger partial charge is 0.508 e. The van der Waals surface area contributed by atoms with Crippen LogP contribution in [0.1, 0.15) is 44.5 Å². The number of hydrogen-bond donors (Lipinski definition) is 1. The van der Waals surface area contributed by atoms with Gasteiger partial charge >= 0.3 is 0 Å². The minimum atomic E-state index is -0.243. The summed E-state index contributed by atoms with van der Waals surface area (Å²) in [5.41, 5.74) is 7.09. The molecule has 1 aromatic heterocycles. The molecule has 1 saturated heterocycles. The zero-order valence-corrected chi connectivity index (χ0v) is 30.3. The minimum absolute atomic E-state index is 0. The number of phenols is 1. The molecule has 0 spiro atoms. The smallest absolute Gasteiger partial charge is 0.264 e. The number of rotatable bonds is 6. The van der Waals surface area contributed by atoms with Crippen molar-refractivity contribution in [2.24, 2.45) is 0 Å². The van der Waals surface area contributed by atoms with E-state index in [0.717, 1.165) is 49.5 Å². The van der Waals surface area contributed by atoms with E-state index >= 15 is 0 Å². The van der Waals surface area contributed by atoms with E-state index in [9.17, 15) is 14.7 Å². The molecule has 10 nitrogen and oxygen atoms in total. The minimum Gasteiger partial charge on any atom is -0.508 e. The highest BCUT2D eigenvalue weighted by Crippen LogP contribution is 2.39. The Morgan fingerprint density at radius 3 is 2.29 bits per heavy atom. The van der Waals surface area contributed by atoms with Crippen molar-refractivity contribution < 1.29 is 24.2 Å². The van der Waals surface area contributed by atoms with Crippen LogP contribution in [0, 0.1) is 6.92 Å². The Hall–Kier alpha value is -5.45. The predicted molar refractivity (Wildman–Crippen MR) is 204 cm³/mol. The van der Waals surface area contributed by atoms with Crippen LogP contribution in [0.3, 0.4) is 0 Å². The number of amides is 2. The first-order valence-electron chi connectivity index (χ1n) is 17.4. The molecule has 0 radical (unpaired) electrons. The van der Waals surface area contributed by atoms with Crippen molar-refractivity contribution in [1.29, 1.82) is 0 Å². The number of phenolic OH excluding ortho intramolecular Hbond substituents is 1. The van der Waals surface area contributed by atoms with Crippen LogP contribution < -0.4 is 19.3 Å². The van der Waals surface area contributed by atoms with Crippen LogP contribution in [-0.2, 0) is 13.0 Å². The summed E-state index contributed by atoms with van der Waals surface area (Å²) in [6, 6.07) is 28.4. The second kappa shape index (κ2) is 14.3. The Morgan fingerprint density at radius 1 is 0.827 bits per heavy atom. The maximum absolute atomic E-state index is 14.7. The lowest BCUT2D eigenvalue weighted by Crippen LogP contribution is -2.44. The monoisotopic (exact) mass is 719 g/mol. The van der Waals surface area contributed by atoms with Crippen LogP contribution in [0.4, 0.5) is 17.1 Å². The van der Waals surface area contributed by atoms with Crippen molar-refractivity contribution in [2.45, 2.75) is 32.9 Å². The van der Waals surface area contributed by atoms with E-state index in [1.165, 1.54) is 5.56 Å². The number of fused-ring (bicyclic) bond motifs is 2. The van der Waals surface area contributed by atoms with E-state index < -0.39 is 0 Å². The van der Waals surface area contributed by atoms with Gasteiger partial charge in [-0.2, -0.15) is 0 Å². The van der Waals surface area contributed by atoms with Crippen LogP contribution in [0.25, 0.3) is 5.69 Å². The Morgan fingerprint density at radius 2 is 1.54 bits per heavy atom. The maximum Gasteiger partial charge on any atom is 0.264 e. The van der Waals surface area contributed by atoms with Gasteiger partial charge in [0.25, 0.3) is 11.8 Å². The number of hydrogen-bond acceptors (Lipinski definition) is 7. The van der Waals surface area contributed by atoms with Gasteiger partial charge in [-0.25, -0.2) is 0 Å². The predicted octanol–water partition coefficient (Wildman–Crippen LogP) is 6.96. The molecular formula is C41H42ClN5O5. The summed E-state index contributed by atoms with van der Waals surface area (Å²) < 4.78 is 13.4. The zero-order chi connectivity index (χ0) is 35.2. The SMILES string of the molecule is Cc1cc(C(=O)N(c2ccc(O)cc2)c2cccc(N3CCN(C)CC3)c2)cn1-c1cc2c(cc1C(=O)N1Cc3ccccc3C[C@H]1C)OCO2.Cl. The van der Waals surface area contributed by atoms with Crippen LogP contribution >= 0.6 is 12.4 Å². The second-order valence-electron chi connectivity index (χ2n) is 13.7. The van der Waals surface area contributed by atoms with Crippen molar-refractivity contribution >= 4 is 41.3 Å². The third-order valence-corrected chi connectivity index (χ3v) is 10.3. The molecule has 4 heterocycles. The number of nitrogens with zero attached hydrogens (tertiary/aromatic N) is 5. The molecule has 0 bridgehead atoms. The molecule has 2 amide bonds. The molecular weight excluding hydrogens is 678 g/mol. The lowest BCUT2D eigenvalue weighted by atomic mass is 9.94. The number of benzene rings is 4. The van der Waals surface area contributed by atoms with Crippen LogP contribution in [0.15, 0.2) is 97.2 Å². The highest BCUT2D eigenvalue weighted by molar-refractivity contribution is 6.11. The van der Waals surface area contributed by atoms with Crippen molar-refractivity contribution in [1.82, 2.24) is 14.4 Å². The number of aromatic nitrogens is 1. The van der Waals surface area contributed by atoms with Gasteiger partial charge in [-0.05, 0) is 93.0 Å². The number of piperazine rings is 1. The Kier molecular flexibility index (Phi) is 9.61. The molecule has 52 heavy (non-hydrogen) atoms. The number of carbonyl (C=O) groups excluding carboxylic acids is 2. The molecule has 3 aliphatic heterocycles. The molecule has 4 aromatic carbocycles. The summed E-state index contributed by atoms with van der Waals surface area (Å²) in [7, 11) is 2.13. The average Bonchev–Trinajstić information content (AvgIpc) is 3.77. The molecule has 8 rings (SSSR count). The first-order valence-corrected chi connectivity index (χ1v) is 17.4. The number of carbonyl (C=O) groups is 2. The molecule has 0 saturated carbocycles. The number of aryl methyl sites for hydroxylation is 1. The van der Waals surface area contributed by atoms with Gasteiger partial charge in [0, 0.05) is 68.1 Å². The molecule has 1 N–H and O–H groups in total. The van der Waals surface area contributed by atoms with Gasteiger partial charge in [-0.3, -0.25) is 14.5 Å². The number of anilines is 3. The summed E-state index contributed by atoms with van der Waals surface area (Å²) in [4.78, 5) is 37.4. The van der Waals surface area contributed by atoms with E-state index in [-0.39, 0.29) is 42.8 Å². The topological polar surface area (TPSA) is 90.7 Å². The third kappa shape index (κ3) is 6.55. The standard InChI is InChI=1S/C41H41N5O5.ClH/c1-27-20-31(40(48)46(32-11-13-35(47)14-12-32)34-10-6-9-33(21-34)43-17-15-42(3)16-18-43)25-44(27)37-23-39-38(50-26-51-39)22-36(37)41(49)45-24-30-8-5-4-7-29(30)19-28(45)2;/h4-14,20-23,25,28,47H,15-19,24,26H2,1-3H3;1H/t28-;/m1./s1. The van der Waals surface area contributed by atoms with E-state index in [1.807, 2.05) is 58.9 Å². The van der Waals surface area contributed by atoms with Gasteiger partial charge in [-0.1, -0.05) is 30.3 Å². The number of halogens is 1. The average molecular weight is 720 g/mol. The summed E-state index contributed by atoms with van der Waals surface area (Å²) >= 11 is 0. The van der Waals surface area contributed by atoms with Gasteiger partial charge in [0.1, 0.15) is 5.75 Å². The molecule has 268 valence electrons. The normalized spacial score (nSPS) is 16.6. The van der Waals surface area contributed by atoms with Gasteiger partial charge < -0.3 is 33.8 Å². The van der Waals surface area contributed by atoms with Gasteiger partial charge in [0.2, 0.25) is 6.79 Å². The van der Waals surface area contributed by atoms with Crippen molar-refractivity contribution in [3.63, 3.8) is 0 Å². The molecule has 11 heteroatoms. The Labute approximate surface area is 309 Å². The maximum atomic E-state index is 14.7. The number of ether oxygens (including phenoxy) is 2. The van der Waals surface area contributed by atoms with E-state index in [1.54, 1.807) is 41.4 Å². The lowest BCUT2D eigenvalue weighted by molar-refractivity contribution is 0.0657. The molecule has 1 atom stereocenters. The number of likely N-dealkylation sites (N-methyl/N-ethyl adjacent to an activating group) is 1. The highest BCUT2D eigenvalue weighted by atomic mass is 35.5. The molecule has 0 unspecified atom stereocenters. The third-order valence-electron chi connectivity index (χ3n) is 10.3. The van der Waals surface area contributed by atoms with E-state index in [0.29, 0.717) is 46.2 Å². The van der Waals surface area contributed by atoms with Crippen molar-refractivity contribution in [2.75, 3.05) is 49.8 Å². The molecule has 5 aromatic rings. The molecule has 0 aliphatic carbocycles. The van der Waals surface area contributed by atoms with Gasteiger partial charge in [0.15, 0.2) is 11.5 Å². The summed E-state index contributed by atoms with van der Waals surface area (Å²) in [6.45, 7) is 8.31. The summed E-state index contributed by atoms with van der Waals surface area (Å²) in [5.74, 6) is 0.828. The van der Waals surface area contributed by atoms with Crippen molar-refractivity contribution in [3.8, 4) is 22.9 Å². The first kappa shape index (κ1) is 35.0. The van der Waals surface area contributed by atoms with Crippen LogP contribution in [0.5, 0.6) is 17.2 Å². The van der Waals surface area contributed by atoms with E-state index in [4.69, 9.17) is 9.47 Å².